The van der Waals surface area contributed by atoms with E-state index in [1.165, 1.54) is 25.7 Å². The van der Waals surface area contributed by atoms with Crippen LogP contribution in [-0.2, 0) is 10.0 Å². The summed E-state index contributed by atoms with van der Waals surface area (Å²) < 4.78 is 26.3. The minimum absolute atomic E-state index is 0. The van der Waals surface area contributed by atoms with E-state index in [0.717, 1.165) is 30.9 Å². The van der Waals surface area contributed by atoms with Crippen molar-refractivity contribution in [3.63, 3.8) is 0 Å². The highest BCUT2D eigenvalue weighted by Gasteiger charge is 2.35. The van der Waals surface area contributed by atoms with Gasteiger partial charge in [0, 0.05) is 32.7 Å². The first-order chi connectivity index (χ1) is 10.4. The van der Waals surface area contributed by atoms with Crippen LogP contribution in [0.5, 0.6) is 0 Å². The second kappa shape index (κ2) is 9.41. The van der Waals surface area contributed by atoms with E-state index in [4.69, 9.17) is 0 Å². The minimum atomic E-state index is -3.22. The molecule has 0 bridgehead atoms. The Morgan fingerprint density at radius 1 is 1.22 bits per heavy atom. The first-order valence-corrected chi connectivity index (χ1v) is 10.0. The van der Waals surface area contributed by atoms with Gasteiger partial charge in [-0.25, -0.2) is 13.1 Å². The molecule has 23 heavy (non-hydrogen) atoms. The molecule has 6 nitrogen and oxygen atoms in total. The molecule has 2 rings (SSSR count). The van der Waals surface area contributed by atoms with Crippen molar-refractivity contribution in [1.29, 1.82) is 0 Å². The molecule has 2 fully saturated rings. The maximum atomic E-state index is 11.8. The minimum Gasteiger partial charge on any atom is -0.355 e. The zero-order valence-electron chi connectivity index (χ0n) is 14.4. The van der Waals surface area contributed by atoms with Crippen molar-refractivity contribution >= 4 is 40.0 Å². The van der Waals surface area contributed by atoms with Gasteiger partial charge < -0.3 is 10.2 Å². The molecule has 2 atom stereocenters. The summed E-state index contributed by atoms with van der Waals surface area (Å²) in [7, 11) is -1.45. The number of hydrogen-bond donors (Lipinski definition) is 2. The van der Waals surface area contributed by atoms with E-state index in [1.54, 1.807) is 7.05 Å². The van der Waals surface area contributed by atoms with Crippen molar-refractivity contribution < 1.29 is 8.42 Å². The lowest BCUT2D eigenvalue weighted by Gasteiger charge is -2.22. The topological polar surface area (TPSA) is 73.8 Å². The van der Waals surface area contributed by atoms with E-state index in [-0.39, 0.29) is 35.8 Å². The summed E-state index contributed by atoms with van der Waals surface area (Å²) in [6.45, 7) is 6.16. The van der Waals surface area contributed by atoms with Crippen molar-refractivity contribution in [1.82, 2.24) is 14.9 Å². The Labute approximate surface area is 157 Å². The standard InChI is InChI=1S/C15H30N4O2S.HI/c1-12(2)18-22(20,21)9-8-17-15(16-3)19-10-13-6-4-5-7-14(13)11-19;/h12-14,18H,4-11H2,1-3H3,(H,16,17);1H. The molecule has 136 valence electrons. The quantitative estimate of drug-likeness (QED) is 0.373. The normalized spacial score (nSPS) is 25.2. The van der Waals surface area contributed by atoms with Crippen molar-refractivity contribution in [3.8, 4) is 0 Å². The van der Waals surface area contributed by atoms with Gasteiger partial charge in [0.15, 0.2) is 5.96 Å². The highest BCUT2D eigenvalue weighted by Crippen LogP contribution is 2.35. The average Bonchev–Trinajstić information content (AvgIpc) is 2.85. The van der Waals surface area contributed by atoms with Crippen LogP contribution in [0.15, 0.2) is 4.99 Å². The first kappa shape index (κ1) is 21.0. The van der Waals surface area contributed by atoms with Gasteiger partial charge in [-0.3, -0.25) is 4.99 Å². The van der Waals surface area contributed by atoms with Gasteiger partial charge in [-0.15, -0.1) is 24.0 Å². The van der Waals surface area contributed by atoms with Crippen LogP contribution < -0.4 is 10.0 Å². The fourth-order valence-corrected chi connectivity index (χ4v) is 4.83. The number of hydrogen-bond acceptors (Lipinski definition) is 3. The monoisotopic (exact) mass is 458 g/mol. The van der Waals surface area contributed by atoms with Gasteiger partial charge in [0.05, 0.1) is 5.75 Å². The van der Waals surface area contributed by atoms with Gasteiger partial charge in [-0.2, -0.15) is 0 Å². The van der Waals surface area contributed by atoms with Crippen LogP contribution in [0, 0.1) is 11.8 Å². The molecule has 2 aliphatic rings. The summed E-state index contributed by atoms with van der Waals surface area (Å²) in [6, 6.07) is -0.0639. The highest BCUT2D eigenvalue weighted by atomic mass is 127. The van der Waals surface area contributed by atoms with Gasteiger partial charge in [0.1, 0.15) is 0 Å². The third-order valence-electron chi connectivity index (χ3n) is 4.56. The highest BCUT2D eigenvalue weighted by molar-refractivity contribution is 14.0. The van der Waals surface area contributed by atoms with Gasteiger partial charge >= 0.3 is 0 Å². The third kappa shape index (κ3) is 6.38. The van der Waals surface area contributed by atoms with Crippen molar-refractivity contribution in [2.75, 3.05) is 32.4 Å². The molecule has 1 heterocycles. The molecule has 1 aliphatic heterocycles. The summed E-state index contributed by atoms with van der Waals surface area (Å²) >= 11 is 0. The molecule has 1 aliphatic carbocycles. The molecule has 0 aromatic heterocycles. The van der Waals surface area contributed by atoms with Crippen LogP contribution in [0.25, 0.3) is 0 Å². The first-order valence-electron chi connectivity index (χ1n) is 8.37. The van der Waals surface area contributed by atoms with Gasteiger partial charge in [0.25, 0.3) is 0 Å². The fourth-order valence-electron chi connectivity index (χ4n) is 3.63. The number of fused-ring (bicyclic) bond motifs is 1. The molecular formula is C15H31IN4O2S. The lowest BCUT2D eigenvalue weighted by atomic mass is 9.82. The second-order valence-electron chi connectivity index (χ2n) is 6.78. The number of sulfonamides is 1. The van der Waals surface area contributed by atoms with Gasteiger partial charge in [0.2, 0.25) is 10.0 Å². The van der Waals surface area contributed by atoms with Crippen molar-refractivity contribution in [2.24, 2.45) is 16.8 Å². The molecule has 0 aromatic rings. The van der Waals surface area contributed by atoms with E-state index < -0.39 is 10.0 Å². The zero-order chi connectivity index (χ0) is 16.2. The van der Waals surface area contributed by atoms with Crippen LogP contribution in [0.2, 0.25) is 0 Å². The number of guanidine groups is 1. The van der Waals surface area contributed by atoms with E-state index in [1.807, 2.05) is 13.8 Å². The number of aliphatic imine (C=N–C) groups is 1. The zero-order valence-corrected chi connectivity index (χ0v) is 17.6. The number of halogens is 1. The Kier molecular flexibility index (Phi) is 8.57. The Morgan fingerprint density at radius 3 is 2.26 bits per heavy atom. The predicted molar refractivity (Wildman–Crippen MR) is 106 cm³/mol. The summed E-state index contributed by atoms with van der Waals surface area (Å²) in [5, 5.41) is 3.21. The van der Waals surface area contributed by atoms with Crippen LogP contribution >= 0.6 is 24.0 Å². The Bertz CT molecular complexity index is 482. The molecule has 2 N–H and O–H groups in total. The summed E-state index contributed by atoms with van der Waals surface area (Å²) in [6.07, 6.45) is 5.34. The molecule has 2 unspecified atom stereocenters. The lowest BCUT2D eigenvalue weighted by Crippen LogP contribution is -2.43. The number of nitrogens with zero attached hydrogens (tertiary/aromatic N) is 2. The molecular weight excluding hydrogens is 427 g/mol. The number of nitrogens with one attached hydrogen (secondary N) is 2. The van der Waals surface area contributed by atoms with Crippen LogP contribution in [0.1, 0.15) is 39.5 Å². The number of likely N-dealkylation sites (tertiary alicyclic amines) is 1. The average molecular weight is 458 g/mol. The summed E-state index contributed by atoms with van der Waals surface area (Å²) in [5.74, 6) is 2.50. The smallest absolute Gasteiger partial charge is 0.213 e. The third-order valence-corrected chi connectivity index (χ3v) is 6.13. The molecule has 1 saturated heterocycles. The van der Waals surface area contributed by atoms with E-state index >= 15 is 0 Å². The molecule has 1 saturated carbocycles. The lowest BCUT2D eigenvalue weighted by molar-refractivity contribution is 0.299. The number of rotatable bonds is 5. The summed E-state index contributed by atoms with van der Waals surface area (Å²) in [5.41, 5.74) is 0. The fraction of sp³-hybridized carbons (Fsp3) is 0.933. The Morgan fingerprint density at radius 2 is 1.78 bits per heavy atom. The predicted octanol–water partition coefficient (Wildman–Crippen LogP) is 1.63. The maximum absolute atomic E-state index is 11.8. The van der Waals surface area contributed by atoms with Crippen LogP contribution in [0.3, 0.4) is 0 Å². The molecule has 0 radical (unpaired) electrons. The van der Waals surface area contributed by atoms with E-state index in [0.29, 0.717) is 6.54 Å². The molecule has 0 spiro atoms. The molecule has 0 aromatic carbocycles. The Hall–Kier alpha value is -0.0900. The molecule has 8 heteroatoms. The maximum Gasteiger partial charge on any atom is 0.213 e. The van der Waals surface area contributed by atoms with Crippen LogP contribution in [0.4, 0.5) is 0 Å². The SMILES string of the molecule is CN=C(NCCS(=O)(=O)NC(C)C)N1CC2CCCCC2C1.I. The second-order valence-corrected chi connectivity index (χ2v) is 8.65. The Balaban J connectivity index is 0.00000264. The van der Waals surface area contributed by atoms with Crippen molar-refractivity contribution in [2.45, 2.75) is 45.6 Å². The van der Waals surface area contributed by atoms with Gasteiger partial charge in [-0.1, -0.05) is 12.8 Å². The van der Waals surface area contributed by atoms with Gasteiger partial charge in [-0.05, 0) is 38.5 Å². The summed E-state index contributed by atoms with van der Waals surface area (Å²) in [4.78, 5) is 6.62. The largest absolute Gasteiger partial charge is 0.355 e. The molecule has 0 amide bonds. The van der Waals surface area contributed by atoms with E-state index in [2.05, 4.69) is 19.9 Å². The van der Waals surface area contributed by atoms with E-state index in [9.17, 15) is 8.42 Å². The van der Waals surface area contributed by atoms with Crippen molar-refractivity contribution in [3.05, 3.63) is 0 Å². The van der Waals surface area contributed by atoms with Crippen LogP contribution in [-0.4, -0.2) is 57.8 Å².